The first-order chi connectivity index (χ1) is 13.2. The van der Waals surface area contributed by atoms with E-state index in [4.69, 9.17) is 5.41 Å². The Hall–Kier alpha value is -1.35. The molecular formula is C20H29N5OS2. The Kier molecular flexibility index (Phi) is 5.10. The highest BCUT2D eigenvalue weighted by Gasteiger charge is 2.50. The molecule has 2 heterocycles. The SMILES string of the molecule is Cn1nc(N2CCC3(CC2)Cc2ccccc2[C@H]3N[S+]([O-])C(C)(C)C)sc1=N. The Labute approximate surface area is 173 Å². The van der Waals surface area contributed by atoms with Gasteiger partial charge in [0.25, 0.3) is 0 Å². The predicted octanol–water partition coefficient (Wildman–Crippen LogP) is 2.90. The fourth-order valence-corrected chi connectivity index (χ4v) is 6.11. The zero-order valence-electron chi connectivity index (χ0n) is 17.0. The molecule has 2 aliphatic rings. The van der Waals surface area contributed by atoms with Crippen LogP contribution >= 0.6 is 11.3 Å². The van der Waals surface area contributed by atoms with Crippen molar-refractivity contribution < 1.29 is 4.55 Å². The predicted molar refractivity (Wildman–Crippen MR) is 115 cm³/mol. The Balaban J connectivity index is 1.58. The number of hydrogen-bond donors (Lipinski definition) is 2. The van der Waals surface area contributed by atoms with Crippen molar-refractivity contribution in [2.75, 3.05) is 18.0 Å². The summed E-state index contributed by atoms with van der Waals surface area (Å²) < 4.78 is 17.8. The zero-order valence-corrected chi connectivity index (χ0v) is 18.6. The van der Waals surface area contributed by atoms with Crippen LogP contribution in [0.5, 0.6) is 0 Å². The van der Waals surface area contributed by atoms with Gasteiger partial charge in [0.1, 0.15) is 4.75 Å². The number of fused-ring (bicyclic) bond motifs is 1. The lowest BCUT2D eigenvalue weighted by atomic mass is 9.73. The van der Waals surface area contributed by atoms with E-state index >= 15 is 0 Å². The van der Waals surface area contributed by atoms with Gasteiger partial charge in [-0.15, -0.1) is 9.82 Å². The number of anilines is 1. The third-order valence-corrected chi connectivity index (χ3v) is 8.59. The summed E-state index contributed by atoms with van der Waals surface area (Å²) in [6.07, 6.45) is 3.08. The van der Waals surface area contributed by atoms with Crippen molar-refractivity contribution in [1.29, 1.82) is 5.41 Å². The van der Waals surface area contributed by atoms with Crippen LogP contribution in [-0.4, -0.2) is 32.2 Å². The van der Waals surface area contributed by atoms with E-state index in [1.165, 1.54) is 22.5 Å². The monoisotopic (exact) mass is 419 g/mol. The molecule has 0 saturated carbocycles. The molecule has 0 bridgehead atoms. The van der Waals surface area contributed by atoms with Crippen LogP contribution in [-0.2, 0) is 24.8 Å². The highest BCUT2D eigenvalue weighted by Crippen LogP contribution is 2.52. The van der Waals surface area contributed by atoms with Gasteiger partial charge in [0.05, 0.1) is 6.04 Å². The Morgan fingerprint density at radius 1 is 1.29 bits per heavy atom. The summed E-state index contributed by atoms with van der Waals surface area (Å²) >= 11 is 0.326. The third-order valence-electron chi connectivity index (χ3n) is 6.05. The lowest BCUT2D eigenvalue weighted by Gasteiger charge is -2.43. The van der Waals surface area contributed by atoms with Crippen molar-refractivity contribution in [1.82, 2.24) is 14.5 Å². The molecule has 0 radical (unpaired) electrons. The molecule has 1 aliphatic heterocycles. The normalized spacial score (nSPS) is 22.5. The van der Waals surface area contributed by atoms with Crippen LogP contribution in [0.2, 0.25) is 0 Å². The van der Waals surface area contributed by atoms with Gasteiger partial charge in [0, 0.05) is 36.9 Å². The number of aryl methyl sites for hydroxylation is 1. The lowest BCUT2D eigenvalue weighted by molar-refractivity contribution is 0.176. The van der Waals surface area contributed by atoms with Crippen LogP contribution in [0.1, 0.15) is 50.8 Å². The largest absolute Gasteiger partial charge is 0.598 e. The highest BCUT2D eigenvalue weighted by molar-refractivity contribution is 7.90. The fraction of sp³-hybridized carbons (Fsp3) is 0.600. The van der Waals surface area contributed by atoms with Gasteiger partial charge in [-0.2, -0.15) is 0 Å². The van der Waals surface area contributed by atoms with E-state index in [1.807, 2.05) is 27.8 Å². The summed E-state index contributed by atoms with van der Waals surface area (Å²) in [5.74, 6) is 0. The van der Waals surface area contributed by atoms with Crippen molar-refractivity contribution in [2.45, 2.75) is 50.8 Å². The summed E-state index contributed by atoms with van der Waals surface area (Å²) in [6, 6.07) is 8.73. The lowest BCUT2D eigenvalue weighted by Crippen LogP contribution is -2.49. The van der Waals surface area contributed by atoms with Crippen LogP contribution in [0.4, 0.5) is 5.13 Å². The minimum absolute atomic E-state index is 0.0876. The highest BCUT2D eigenvalue weighted by atomic mass is 32.2. The molecule has 1 fully saturated rings. The van der Waals surface area contributed by atoms with Crippen molar-refractivity contribution in [3.8, 4) is 0 Å². The van der Waals surface area contributed by atoms with Gasteiger partial charge in [-0.05, 0) is 51.2 Å². The van der Waals surface area contributed by atoms with Crippen molar-refractivity contribution in [3.63, 3.8) is 0 Å². The molecule has 1 aromatic carbocycles. The van der Waals surface area contributed by atoms with Crippen molar-refractivity contribution >= 4 is 27.8 Å². The molecule has 2 aromatic rings. The maximum absolute atomic E-state index is 12.9. The molecular weight excluding hydrogens is 390 g/mol. The molecule has 1 unspecified atom stereocenters. The number of piperidine rings is 1. The molecule has 1 aliphatic carbocycles. The topological polar surface area (TPSA) is 80.0 Å². The second kappa shape index (κ2) is 7.16. The molecule has 1 spiro atoms. The first-order valence-electron chi connectivity index (χ1n) is 9.79. The molecule has 6 nitrogen and oxygen atoms in total. The van der Waals surface area contributed by atoms with Crippen LogP contribution in [0, 0.1) is 10.8 Å². The molecule has 0 amide bonds. The molecule has 1 aromatic heterocycles. The van der Waals surface area contributed by atoms with Crippen LogP contribution in [0.25, 0.3) is 0 Å². The minimum atomic E-state index is -1.11. The fourth-order valence-electron chi connectivity index (χ4n) is 4.34. The summed E-state index contributed by atoms with van der Waals surface area (Å²) in [5, 5.41) is 13.4. The van der Waals surface area contributed by atoms with Crippen LogP contribution in [0.15, 0.2) is 24.3 Å². The molecule has 1 saturated heterocycles. The summed E-state index contributed by atoms with van der Waals surface area (Å²) in [5.41, 5.74) is 2.78. The molecule has 8 heteroatoms. The van der Waals surface area contributed by atoms with Gasteiger partial charge < -0.3 is 9.45 Å². The number of benzene rings is 1. The number of nitrogens with zero attached hydrogens (tertiary/aromatic N) is 3. The van der Waals surface area contributed by atoms with Crippen LogP contribution < -0.4 is 14.4 Å². The number of rotatable bonds is 3. The van der Waals surface area contributed by atoms with Crippen molar-refractivity contribution in [3.05, 3.63) is 40.2 Å². The van der Waals surface area contributed by atoms with E-state index < -0.39 is 11.4 Å². The minimum Gasteiger partial charge on any atom is -0.598 e. The quantitative estimate of drug-likeness (QED) is 0.750. The van der Waals surface area contributed by atoms with Crippen LogP contribution in [0.3, 0.4) is 0 Å². The van der Waals surface area contributed by atoms with E-state index in [0.29, 0.717) is 4.80 Å². The zero-order chi connectivity index (χ0) is 20.1. The van der Waals surface area contributed by atoms with E-state index in [2.05, 4.69) is 39.0 Å². The standard InChI is InChI=1S/C20H29N5OS2/c1-19(2,3)28(26)23-16-15-8-6-5-7-14(15)13-20(16)9-11-25(12-10-20)18-22-24(4)17(21)27-18/h5-8,16,21,23H,9-13H2,1-4H3/t16-,28?/m1/s1. The first-order valence-corrected chi connectivity index (χ1v) is 11.8. The smallest absolute Gasteiger partial charge is 0.207 e. The molecule has 2 N–H and O–H groups in total. The average molecular weight is 420 g/mol. The van der Waals surface area contributed by atoms with Gasteiger partial charge in [0.15, 0.2) is 0 Å². The maximum Gasteiger partial charge on any atom is 0.207 e. The van der Waals surface area contributed by atoms with E-state index in [1.54, 1.807) is 4.68 Å². The number of aromatic nitrogens is 2. The molecule has 152 valence electrons. The van der Waals surface area contributed by atoms with Gasteiger partial charge in [-0.25, -0.2) is 4.68 Å². The molecule has 2 atom stereocenters. The molecule has 4 rings (SSSR count). The average Bonchev–Trinajstić information content (AvgIpc) is 3.13. The number of hydrogen-bond acceptors (Lipinski definition) is 6. The molecule has 28 heavy (non-hydrogen) atoms. The van der Waals surface area contributed by atoms with E-state index in [-0.39, 0.29) is 16.2 Å². The van der Waals surface area contributed by atoms with Gasteiger partial charge in [0.2, 0.25) is 9.93 Å². The van der Waals surface area contributed by atoms with E-state index in [0.717, 1.165) is 37.5 Å². The Morgan fingerprint density at radius 2 is 1.96 bits per heavy atom. The Morgan fingerprint density at radius 3 is 2.57 bits per heavy atom. The Bertz CT molecular complexity index is 908. The van der Waals surface area contributed by atoms with Gasteiger partial charge in [-0.3, -0.25) is 5.41 Å². The third kappa shape index (κ3) is 3.51. The second-order valence-electron chi connectivity index (χ2n) is 8.97. The summed E-state index contributed by atoms with van der Waals surface area (Å²) in [4.78, 5) is 2.78. The second-order valence-corrected chi connectivity index (χ2v) is 11.9. The summed E-state index contributed by atoms with van der Waals surface area (Å²) in [6.45, 7) is 7.90. The maximum atomic E-state index is 12.9. The first kappa shape index (κ1) is 19.9. The van der Waals surface area contributed by atoms with Gasteiger partial charge >= 0.3 is 0 Å². The van der Waals surface area contributed by atoms with E-state index in [9.17, 15) is 4.55 Å². The van der Waals surface area contributed by atoms with Gasteiger partial charge in [-0.1, -0.05) is 35.6 Å². The number of nitrogens with one attached hydrogen (secondary N) is 2. The van der Waals surface area contributed by atoms with Crippen molar-refractivity contribution in [2.24, 2.45) is 12.5 Å². The summed E-state index contributed by atoms with van der Waals surface area (Å²) in [7, 11) is 1.82.